The second-order valence-electron chi connectivity index (χ2n) is 7.09. The summed E-state index contributed by atoms with van der Waals surface area (Å²) in [5.41, 5.74) is 1.82. The normalized spacial score (nSPS) is 10.9. The summed E-state index contributed by atoms with van der Waals surface area (Å²) in [6.45, 7) is 1.83. The number of nitrogens with one attached hydrogen (secondary N) is 1. The molecule has 0 aliphatic heterocycles. The second-order valence-corrected chi connectivity index (χ2v) is 8.10. The molecule has 0 atom stereocenters. The van der Waals surface area contributed by atoms with E-state index >= 15 is 0 Å². The number of hydrogen-bond donors (Lipinski definition) is 1. The monoisotopic (exact) mass is 444 g/mol. The Balaban J connectivity index is 1.41. The van der Waals surface area contributed by atoms with E-state index in [0.29, 0.717) is 43.9 Å². The number of ether oxygens (including phenoxy) is 1. The van der Waals surface area contributed by atoms with Crippen molar-refractivity contribution in [1.29, 1.82) is 0 Å². The Morgan fingerprint density at radius 3 is 2.66 bits per heavy atom. The molecule has 0 radical (unpaired) electrons. The van der Waals surface area contributed by atoms with Crippen molar-refractivity contribution in [3.05, 3.63) is 95.9 Å². The smallest absolute Gasteiger partial charge is 0.256 e. The molecule has 0 aliphatic carbocycles. The average Bonchev–Trinajstić information content (AvgIpc) is 3.37. The van der Waals surface area contributed by atoms with E-state index < -0.39 is 0 Å². The summed E-state index contributed by atoms with van der Waals surface area (Å²) in [5.74, 6) is 1.08. The Morgan fingerprint density at radius 2 is 1.81 bits per heavy atom. The number of aromatic nitrogens is 3. The number of fused-ring (bicyclic) bond motifs is 1. The number of aryl methyl sites for hydroxylation is 1. The van der Waals surface area contributed by atoms with E-state index in [1.165, 1.54) is 23.5 Å². The fourth-order valence-corrected chi connectivity index (χ4v) is 4.18. The number of thiazole rings is 1. The minimum Gasteiger partial charge on any atom is -0.457 e. The van der Waals surface area contributed by atoms with Gasteiger partial charge in [0.25, 0.3) is 5.91 Å². The van der Waals surface area contributed by atoms with Crippen molar-refractivity contribution in [2.24, 2.45) is 0 Å². The number of para-hydroxylation sites is 1. The molecule has 158 valence electrons. The number of carbonyl (C=O) groups excluding carboxylic acids is 1. The maximum Gasteiger partial charge on any atom is 0.256 e. The van der Waals surface area contributed by atoms with Crippen LogP contribution in [-0.2, 0) is 0 Å². The van der Waals surface area contributed by atoms with Crippen LogP contribution in [0.25, 0.3) is 15.3 Å². The van der Waals surface area contributed by atoms with Crippen molar-refractivity contribution in [3.8, 4) is 16.6 Å². The highest BCUT2D eigenvalue weighted by molar-refractivity contribution is 7.20. The molecule has 0 bridgehead atoms. The molecule has 6 nitrogen and oxygen atoms in total. The van der Waals surface area contributed by atoms with E-state index in [1.807, 2.05) is 37.3 Å². The summed E-state index contributed by atoms with van der Waals surface area (Å²) < 4.78 is 21.6. The van der Waals surface area contributed by atoms with Crippen LogP contribution < -0.4 is 10.1 Å². The third-order valence-electron chi connectivity index (χ3n) is 4.67. The Morgan fingerprint density at radius 1 is 1.00 bits per heavy atom. The molecular formula is C24H17FN4O2S. The van der Waals surface area contributed by atoms with Gasteiger partial charge >= 0.3 is 0 Å². The molecular weight excluding hydrogens is 427 g/mol. The van der Waals surface area contributed by atoms with Gasteiger partial charge in [0.1, 0.15) is 23.1 Å². The molecule has 0 aliphatic rings. The highest BCUT2D eigenvalue weighted by atomic mass is 32.1. The van der Waals surface area contributed by atoms with Crippen molar-refractivity contribution in [2.45, 2.75) is 6.92 Å². The molecule has 0 fully saturated rings. The zero-order valence-electron chi connectivity index (χ0n) is 16.9. The third-order valence-corrected chi connectivity index (χ3v) is 5.66. The van der Waals surface area contributed by atoms with E-state index in [2.05, 4.69) is 15.4 Å². The molecule has 32 heavy (non-hydrogen) atoms. The summed E-state index contributed by atoms with van der Waals surface area (Å²) in [6.07, 6.45) is 0. The van der Waals surface area contributed by atoms with E-state index in [1.54, 1.807) is 41.1 Å². The summed E-state index contributed by atoms with van der Waals surface area (Å²) >= 11 is 1.30. The van der Waals surface area contributed by atoms with Crippen molar-refractivity contribution in [2.75, 3.05) is 5.32 Å². The first-order valence-electron chi connectivity index (χ1n) is 9.83. The van der Waals surface area contributed by atoms with Gasteiger partial charge < -0.3 is 10.1 Å². The van der Waals surface area contributed by atoms with Gasteiger partial charge in [-0.05, 0) is 55.5 Å². The van der Waals surface area contributed by atoms with Crippen LogP contribution >= 0.6 is 11.3 Å². The van der Waals surface area contributed by atoms with E-state index in [-0.39, 0.29) is 11.7 Å². The van der Waals surface area contributed by atoms with Crippen molar-refractivity contribution >= 4 is 33.3 Å². The first-order valence-corrected chi connectivity index (χ1v) is 10.6. The summed E-state index contributed by atoms with van der Waals surface area (Å²) in [7, 11) is 0. The standard InChI is InChI=1S/C24H17FN4O2S/c1-15-12-22(29(28-15)24-26-20-11-10-17(25)14-21(20)32-24)27-23(30)16-6-5-9-19(13-16)31-18-7-3-2-4-8-18/h2-14H,1H3,(H,27,30). The molecule has 3 aromatic carbocycles. The van der Waals surface area contributed by atoms with Crippen LogP contribution in [0.15, 0.2) is 78.9 Å². The van der Waals surface area contributed by atoms with Crippen LogP contribution in [0.3, 0.4) is 0 Å². The van der Waals surface area contributed by atoms with Crippen LogP contribution in [0.2, 0.25) is 0 Å². The van der Waals surface area contributed by atoms with Crippen LogP contribution in [0, 0.1) is 12.7 Å². The lowest BCUT2D eigenvalue weighted by atomic mass is 10.2. The number of nitrogens with zero attached hydrogens (tertiary/aromatic N) is 3. The largest absolute Gasteiger partial charge is 0.457 e. The SMILES string of the molecule is Cc1cc(NC(=O)c2cccc(Oc3ccccc3)c2)n(-c2nc3ccc(F)cc3s2)n1. The fourth-order valence-electron chi connectivity index (χ4n) is 3.23. The maximum absolute atomic E-state index is 13.6. The zero-order chi connectivity index (χ0) is 22.1. The second kappa shape index (κ2) is 8.24. The summed E-state index contributed by atoms with van der Waals surface area (Å²) in [5, 5.41) is 7.88. The molecule has 0 unspecified atom stereocenters. The van der Waals surface area contributed by atoms with E-state index in [9.17, 15) is 9.18 Å². The quantitative estimate of drug-likeness (QED) is 0.362. The predicted molar refractivity (Wildman–Crippen MR) is 122 cm³/mol. The molecule has 1 N–H and O–H groups in total. The molecule has 0 saturated carbocycles. The molecule has 5 aromatic rings. The molecule has 5 rings (SSSR count). The Hall–Kier alpha value is -4.04. The maximum atomic E-state index is 13.6. The van der Waals surface area contributed by atoms with Crippen molar-refractivity contribution in [3.63, 3.8) is 0 Å². The number of halogens is 1. The van der Waals surface area contributed by atoms with Gasteiger partial charge in [-0.15, -0.1) is 0 Å². The van der Waals surface area contributed by atoms with Gasteiger partial charge in [0.2, 0.25) is 5.13 Å². The predicted octanol–water partition coefficient (Wildman–Crippen LogP) is 5.97. The lowest BCUT2D eigenvalue weighted by molar-refractivity contribution is 0.102. The highest BCUT2D eigenvalue weighted by Crippen LogP contribution is 2.28. The van der Waals surface area contributed by atoms with Crippen LogP contribution in [0.1, 0.15) is 16.1 Å². The lowest BCUT2D eigenvalue weighted by Crippen LogP contribution is -2.15. The van der Waals surface area contributed by atoms with Gasteiger partial charge in [0.05, 0.1) is 15.9 Å². The topological polar surface area (TPSA) is 69.0 Å². The van der Waals surface area contributed by atoms with Gasteiger partial charge in [-0.2, -0.15) is 9.78 Å². The van der Waals surface area contributed by atoms with Gasteiger partial charge in [-0.1, -0.05) is 35.6 Å². The minimum absolute atomic E-state index is 0.309. The van der Waals surface area contributed by atoms with Gasteiger partial charge in [-0.3, -0.25) is 4.79 Å². The highest BCUT2D eigenvalue weighted by Gasteiger charge is 2.16. The number of benzene rings is 3. The van der Waals surface area contributed by atoms with Crippen LogP contribution in [0.5, 0.6) is 11.5 Å². The number of hydrogen-bond acceptors (Lipinski definition) is 5. The van der Waals surface area contributed by atoms with Gasteiger partial charge in [-0.25, -0.2) is 9.37 Å². The third kappa shape index (κ3) is 4.08. The van der Waals surface area contributed by atoms with Crippen molar-refractivity contribution in [1.82, 2.24) is 14.8 Å². The lowest BCUT2D eigenvalue weighted by Gasteiger charge is -2.09. The van der Waals surface area contributed by atoms with Crippen LogP contribution in [-0.4, -0.2) is 20.7 Å². The molecule has 0 saturated heterocycles. The average molecular weight is 444 g/mol. The molecule has 0 spiro atoms. The fraction of sp³-hybridized carbons (Fsp3) is 0.0417. The molecule has 2 heterocycles. The van der Waals surface area contributed by atoms with Crippen LogP contribution in [0.4, 0.5) is 10.2 Å². The van der Waals surface area contributed by atoms with Gasteiger partial charge in [0, 0.05) is 11.6 Å². The summed E-state index contributed by atoms with van der Waals surface area (Å²) in [6, 6.07) is 22.5. The van der Waals surface area contributed by atoms with E-state index in [0.717, 1.165) is 0 Å². The summed E-state index contributed by atoms with van der Waals surface area (Å²) in [4.78, 5) is 17.5. The number of rotatable bonds is 5. The molecule has 2 aromatic heterocycles. The first kappa shape index (κ1) is 19.9. The number of anilines is 1. The zero-order valence-corrected chi connectivity index (χ0v) is 17.8. The molecule has 1 amide bonds. The Kier molecular flexibility index (Phi) is 5.12. The Labute approximate surface area is 186 Å². The number of amides is 1. The van der Waals surface area contributed by atoms with Crippen molar-refractivity contribution < 1.29 is 13.9 Å². The molecule has 8 heteroatoms. The Bertz CT molecular complexity index is 1430. The van der Waals surface area contributed by atoms with E-state index in [4.69, 9.17) is 4.74 Å². The van der Waals surface area contributed by atoms with Gasteiger partial charge in [0.15, 0.2) is 0 Å². The number of carbonyl (C=O) groups is 1. The first-order chi connectivity index (χ1) is 15.5. The minimum atomic E-state index is -0.324.